The average Bonchev–Trinajstić information content (AvgIpc) is 2.50. The Balaban J connectivity index is 2.32. The Bertz CT molecular complexity index is 410. The second-order valence-electron chi connectivity index (χ2n) is 5.24. The van der Waals surface area contributed by atoms with Crippen LogP contribution in [0.4, 0.5) is 0 Å². The van der Waals surface area contributed by atoms with E-state index >= 15 is 0 Å². The van der Waals surface area contributed by atoms with Crippen LogP contribution in [0.1, 0.15) is 51.0 Å². The Morgan fingerprint density at radius 2 is 1.57 bits per heavy atom. The Morgan fingerprint density at radius 3 is 2.24 bits per heavy atom. The molecule has 0 amide bonds. The van der Waals surface area contributed by atoms with Gasteiger partial charge in [-0.15, -0.1) is 0 Å². The SMILES string of the molecule is CCCCCCCCNCc1cc(OC)c(OC)cc1Br. The van der Waals surface area contributed by atoms with Gasteiger partial charge in [-0.2, -0.15) is 0 Å². The number of hydrogen-bond acceptors (Lipinski definition) is 3. The van der Waals surface area contributed by atoms with Crippen LogP contribution in [0.25, 0.3) is 0 Å². The molecule has 0 aliphatic rings. The summed E-state index contributed by atoms with van der Waals surface area (Å²) in [4.78, 5) is 0. The molecule has 0 atom stereocenters. The first-order chi connectivity index (χ1) is 10.2. The third kappa shape index (κ3) is 6.70. The summed E-state index contributed by atoms with van der Waals surface area (Å²) in [5.41, 5.74) is 1.19. The number of benzene rings is 1. The maximum Gasteiger partial charge on any atom is 0.161 e. The van der Waals surface area contributed by atoms with Gasteiger partial charge < -0.3 is 14.8 Å². The number of ether oxygens (including phenoxy) is 2. The molecule has 0 bridgehead atoms. The summed E-state index contributed by atoms with van der Waals surface area (Å²) in [5, 5.41) is 3.50. The molecule has 1 N–H and O–H groups in total. The van der Waals surface area contributed by atoms with Crippen LogP contribution in [0.15, 0.2) is 16.6 Å². The minimum atomic E-state index is 0.754. The van der Waals surface area contributed by atoms with Crippen molar-refractivity contribution in [3.63, 3.8) is 0 Å². The first-order valence-corrected chi connectivity index (χ1v) is 8.63. The molecule has 21 heavy (non-hydrogen) atoms. The molecule has 0 aliphatic carbocycles. The summed E-state index contributed by atoms with van der Waals surface area (Å²) >= 11 is 3.59. The van der Waals surface area contributed by atoms with Gasteiger partial charge in [-0.25, -0.2) is 0 Å². The van der Waals surface area contributed by atoms with E-state index in [1.807, 2.05) is 12.1 Å². The van der Waals surface area contributed by atoms with Crippen molar-refractivity contribution in [2.75, 3.05) is 20.8 Å². The molecule has 3 nitrogen and oxygen atoms in total. The van der Waals surface area contributed by atoms with Crippen LogP contribution in [0.5, 0.6) is 11.5 Å². The van der Waals surface area contributed by atoms with E-state index in [4.69, 9.17) is 9.47 Å². The fraction of sp³-hybridized carbons (Fsp3) is 0.647. The lowest BCUT2D eigenvalue weighted by atomic mass is 10.1. The van der Waals surface area contributed by atoms with Crippen molar-refractivity contribution in [2.24, 2.45) is 0 Å². The Labute approximate surface area is 137 Å². The maximum atomic E-state index is 5.34. The molecule has 0 heterocycles. The van der Waals surface area contributed by atoms with E-state index in [1.165, 1.54) is 44.1 Å². The van der Waals surface area contributed by atoms with Crippen LogP contribution in [0, 0.1) is 0 Å². The second kappa shape index (κ2) is 10.9. The molecular formula is C17H28BrNO2. The molecule has 0 saturated heterocycles. The molecule has 0 saturated carbocycles. The van der Waals surface area contributed by atoms with Crippen molar-refractivity contribution in [3.8, 4) is 11.5 Å². The number of methoxy groups -OCH3 is 2. The summed E-state index contributed by atoms with van der Waals surface area (Å²) in [6.07, 6.45) is 7.97. The van der Waals surface area contributed by atoms with Crippen molar-refractivity contribution in [1.82, 2.24) is 5.32 Å². The second-order valence-corrected chi connectivity index (χ2v) is 6.10. The molecule has 0 spiro atoms. The summed E-state index contributed by atoms with van der Waals surface area (Å²) < 4.78 is 11.7. The van der Waals surface area contributed by atoms with Gasteiger partial charge in [-0.1, -0.05) is 55.0 Å². The molecule has 0 unspecified atom stereocenters. The van der Waals surface area contributed by atoms with Crippen LogP contribution < -0.4 is 14.8 Å². The van der Waals surface area contributed by atoms with Gasteiger partial charge in [0, 0.05) is 11.0 Å². The van der Waals surface area contributed by atoms with Crippen molar-refractivity contribution in [1.29, 1.82) is 0 Å². The highest BCUT2D eigenvalue weighted by atomic mass is 79.9. The minimum absolute atomic E-state index is 0.754. The lowest BCUT2D eigenvalue weighted by Gasteiger charge is -2.12. The monoisotopic (exact) mass is 357 g/mol. The van der Waals surface area contributed by atoms with E-state index in [0.717, 1.165) is 29.1 Å². The zero-order valence-electron chi connectivity index (χ0n) is 13.5. The average molecular weight is 358 g/mol. The number of unbranched alkanes of at least 4 members (excludes halogenated alkanes) is 5. The number of halogens is 1. The molecule has 0 aromatic heterocycles. The van der Waals surface area contributed by atoms with Gasteiger partial charge in [0.25, 0.3) is 0 Å². The van der Waals surface area contributed by atoms with Gasteiger partial charge in [-0.3, -0.25) is 0 Å². The smallest absolute Gasteiger partial charge is 0.161 e. The predicted octanol–water partition coefficient (Wildman–Crippen LogP) is 4.92. The highest BCUT2D eigenvalue weighted by Gasteiger charge is 2.09. The van der Waals surface area contributed by atoms with Gasteiger partial charge >= 0.3 is 0 Å². The molecule has 0 fully saturated rings. The molecule has 1 aromatic carbocycles. The van der Waals surface area contributed by atoms with Crippen LogP contribution in [-0.2, 0) is 6.54 Å². The van der Waals surface area contributed by atoms with Gasteiger partial charge in [0.05, 0.1) is 14.2 Å². The standard InChI is InChI=1S/C17H28BrNO2/c1-4-5-6-7-8-9-10-19-13-14-11-16(20-2)17(21-3)12-15(14)18/h11-12,19H,4-10,13H2,1-3H3. The fourth-order valence-corrected chi connectivity index (χ4v) is 2.75. The van der Waals surface area contributed by atoms with Crippen LogP contribution in [0.2, 0.25) is 0 Å². The first-order valence-electron chi connectivity index (χ1n) is 7.84. The summed E-state index contributed by atoms with van der Waals surface area (Å²) in [5.74, 6) is 1.53. The Morgan fingerprint density at radius 1 is 0.952 bits per heavy atom. The molecule has 1 rings (SSSR count). The fourth-order valence-electron chi connectivity index (χ4n) is 2.29. The van der Waals surface area contributed by atoms with E-state index in [1.54, 1.807) is 14.2 Å². The van der Waals surface area contributed by atoms with E-state index in [9.17, 15) is 0 Å². The quantitative estimate of drug-likeness (QED) is 0.570. The van der Waals surface area contributed by atoms with Gasteiger partial charge in [0.15, 0.2) is 11.5 Å². The maximum absolute atomic E-state index is 5.34. The van der Waals surface area contributed by atoms with Gasteiger partial charge in [0.1, 0.15) is 0 Å². The number of nitrogens with one attached hydrogen (secondary N) is 1. The van der Waals surface area contributed by atoms with Crippen LogP contribution in [-0.4, -0.2) is 20.8 Å². The molecule has 4 heteroatoms. The van der Waals surface area contributed by atoms with E-state index < -0.39 is 0 Å². The highest BCUT2D eigenvalue weighted by Crippen LogP contribution is 2.33. The summed E-state index contributed by atoms with van der Waals surface area (Å²) in [6, 6.07) is 3.98. The number of rotatable bonds is 11. The van der Waals surface area contributed by atoms with Gasteiger partial charge in [-0.05, 0) is 30.7 Å². The third-order valence-corrected chi connectivity index (χ3v) is 4.31. The molecule has 0 radical (unpaired) electrons. The van der Waals surface area contributed by atoms with Crippen LogP contribution >= 0.6 is 15.9 Å². The van der Waals surface area contributed by atoms with Crippen molar-refractivity contribution >= 4 is 15.9 Å². The zero-order chi connectivity index (χ0) is 15.5. The molecular weight excluding hydrogens is 330 g/mol. The predicted molar refractivity (Wildman–Crippen MR) is 92.3 cm³/mol. The third-order valence-electron chi connectivity index (χ3n) is 3.58. The lowest BCUT2D eigenvalue weighted by molar-refractivity contribution is 0.354. The molecule has 1 aromatic rings. The highest BCUT2D eigenvalue weighted by molar-refractivity contribution is 9.10. The Hall–Kier alpha value is -0.740. The van der Waals surface area contributed by atoms with E-state index in [0.29, 0.717) is 0 Å². The largest absolute Gasteiger partial charge is 0.493 e. The summed E-state index contributed by atoms with van der Waals surface area (Å²) in [6.45, 7) is 4.16. The van der Waals surface area contributed by atoms with Crippen molar-refractivity contribution < 1.29 is 9.47 Å². The zero-order valence-corrected chi connectivity index (χ0v) is 15.1. The molecule has 0 aliphatic heterocycles. The minimum Gasteiger partial charge on any atom is -0.493 e. The lowest BCUT2D eigenvalue weighted by Crippen LogP contribution is -2.15. The first kappa shape index (κ1) is 18.3. The van der Waals surface area contributed by atoms with Crippen molar-refractivity contribution in [3.05, 3.63) is 22.2 Å². The number of hydrogen-bond donors (Lipinski definition) is 1. The Kier molecular flexibility index (Phi) is 9.51. The van der Waals surface area contributed by atoms with E-state index in [2.05, 4.69) is 28.2 Å². The van der Waals surface area contributed by atoms with Gasteiger partial charge in [0.2, 0.25) is 0 Å². The van der Waals surface area contributed by atoms with Crippen LogP contribution in [0.3, 0.4) is 0 Å². The molecule has 120 valence electrons. The van der Waals surface area contributed by atoms with Crippen molar-refractivity contribution in [2.45, 2.75) is 52.0 Å². The van der Waals surface area contributed by atoms with E-state index in [-0.39, 0.29) is 0 Å². The summed E-state index contributed by atoms with van der Waals surface area (Å²) in [7, 11) is 3.32. The topological polar surface area (TPSA) is 30.5 Å². The normalized spacial score (nSPS) is 10.7.